The second-order valence-corrected chi connectivity index (χ2v) is 6.62. The first kappa shape index (κ1) is 21.3. The molecule has 0 aliphatic heterocycles. The normalized spacial score (nSPS) is 10.7. The molecule has 3 rings (SSSR count). The Morgan fingerprint density at radius 1 is 1.10 bits per heavy atom. The molecule has 1 aromatic heterocycles. The van der Waals surface area contributed by atoms with Gasteiger partial charge in [0.2, 0.25) is 5.91 Å². The summed E-state index contributed by atoms with van der Waals surface area (Å²) in [7, 11) is 4.77. The van der Waals surface area contributed by atoms with Gasteiger partial charge in [-0.2, -0.15) is 0 Å². The van der Waals surface area contributed by atoms with E-state index in [0.717, 1.165) is 17.7 Å². The lowest BCUT2D eigenvalue weighted by Gasteiger charge is -2.19. The quantitative estimate of drug-likeness (QED) is 0.550. The summed E-state index contributed by atoms with van der Waals surface area (Å²) in [6.07, 6.45) is 1.59. The van der Waals surface area contributed by atoms with Crippen molar-refractivity contribution in [2.75, 3.05) is 21.3 Å². The Morgan fingerprint density at radius 3 is 2.47 bits per heavy atom. The van der Waals surface area contributed by atoms with Crippen molar-refractivity contribution in [1.82, 2.24) is 9.88 Å². The van der Waals surface area contributed by atoms with Crippen LogP contribution < -0.4 is 9.47 Å². The lowest BCUT2D eigenvalue weighted by molar-refractivity contribution is -0.130. The second-order valence-electron chi connectivity index (χ2n) is 6.62. The van der Waals surface area contributed by atoms with Crippen LogP contribution >= 0.6 is 0 Å². The smallest absolute Gasteiger partial charge is 0.223 e. The number of hydrogen-bond acceptors (Lipinski definition) is 5. The predicted octanol–water partition coefficient (Wildman–Crippen LogP) is 4.23. The molecule has 2 aromatic carbocycles. The van der Waals surface area contributed by atoms with Gasteiger partial charge in [0.1, 0.15) is 11.6 Å². The standard InChI is InChI=1S/C22H22F2N2O4/c1-26(13-14-6-4-9-17(28-2)22(14)29-3)20(27)11-10-19-25-12-18(30-19)21-15(23)7-5-8-16(21)24/h4-9,12H,10-11,13H2,1-3H3. The number of carbonyl (C=O) groups is 1. The number of amides is 1. The van der Waals surface area contributed by atoms with Gasteiger partial charge in [0.15, 0.2) is 23.1 Å². The Morgan fingerprint density at radius 2 is 1.80 bits per heavy atom. The molecule has 0 saturated heterocycles. The summed E-state index contributed by atoms with van der Waals surface area (Å²) < 4.78 is 43.9. The topological polar surface area (TPSA) is 64.8 Å². The zero-order valence-electron chi connectivity index (χ0n) is 16.9. The molecule has 0 aliphatic carbocycles. The largest absolute Gasteiger partial charge is 0.493 e. The minimum atomic E-state index is -0.735. The molecular formula is C22H22F2N2O4. The molecule has 0 aliphatic rings. The molecule has 0 fully saturated rings. The minimum Gasteiger partial charge on any atom is -0.493 e. The average molecular weight is 416 g/mol. The highest BCUT2D eigenvalue weighted by molar-refractivity contribution is 5.76. The van der Waals surface area contributed by atoms with Crippen LogP contribution in [0.2, 0.25) is 0 Å². The summed E-state index contributed by atoms with van der Waals surface area (Å²) in [6.45, 7) is 0.330. The third kappa shape index (κ3) is 4.59. The van der Waals surface area contributed by atoms with Crippen molar-refractivity contribution < 1.29 is 27.5 Å². The van der Waals surface area contributed by atoms with E-state index < -0.39 is 11.6 Å². The molecule has 8 heteroatoms. The van der Waals surface area contributed by atoms with E-state index in [1.807, 2.05) is 12.1 Å². The van der Waals surface area contributed by atoms with E-state index in [-0.39, 0.29) is 36.0 Å². The molecule has 6 nitrogen and oxygen atoms in total. The van der Waals surface area contributed by atoms with Gasteiger partial charge in [-0.25, -0.2) is 13.8 Å². The molecule has 0 saturated carbocycles. The van der Waals surface area contributed by atoms with Gasteiger partial charge in [-0.15, -0.1) is 0 Å². The Hall–Kier alpha value is -3.42. The van der Waals surface area contributed by atoms with E-state index in [1.165, 1.54) is 12.3 Å². The number of aryl methyl sites for hydroxylation is 1. The van der Waals surface area contributed by atoms with Crippen molar-refractivity contribution in [3.63, 3.8) is 0 Å². The summed E-state index contributed by atoms with van der Waals surface area (Å²) in [5.41, 5.74) is 0.533. The summed E-state index contributed by atoms with van der Waals surface area (Å²) in [5.74, 6) is -0.235. The van der Waals surface area contributed by atoms with Gasteiger partial charge in [-0.1, -0.05) is 18.2 Å². The summed E-state index contributed by atoms with van der Waals surface area (Å²) in [5, 5.41) is 0. The number of nitrogens with zero attached hydrogens (tertiary/aromatic N) is 2. The van der Waals surface area contributed by atoms with E-state index >= 15 is 0 Å². The first-order valence-electron chi connectivity index (χ1n) is 9.27. The number of aromatic nitrogens is 1. The number of benzene rings is 2. The lowest BCUT2D eigenvalue weighted by atomic mass is 10.1. The fourth-order valence-corrected chi connectivity index (χ4v) is 3.10. The first-order chi connectivity index (χ1) is 14.4. The number of carbonyl (C=O) groups excluding carboxylic acids is 1. The third-order valence-corrected chi connectivity index (χ3v) is 4.63. The van der Waals surface area contributed by atoms with Gasteiger partial charge in [0.25, 0.3) is 0 Å². The number of halogens is 2. The van der Waals surface area contributed by atoms with E-state index in [4.69, 9.17) is 13.9 Å². The number of rotatable bonds is 8. The van der Waals surface area contributed by atoms with Gasteiger partial charge < -0.3 is 18.8 Å². The lowest BCUT2D eigenvalue weighted by Crippen LogP contribution is -2.26. The molecule has 0 radical (unpaired) electrons. The maximum atomic E-state index is 13.9. The minimum absolute atomic E-state index is 0.0116. The molecule has 0 N–H and O–H groups in total. The Bertz CT molecular complexity index is 1020. The van der Waals surface area contributed by atoms with Gasteiger partial charge in [0, 0.05) is 32.0 Å². The van der Waals surface area contributed by atoms with Crippen molar-refractivity contribution in [3.05, 3.63) is 65.7 Å². The molecule has 0 atom stereocenters. The van der Waals surface area contributed by atoms with Crippen LogP contribution in [0.1, 0.15) is 17.9 Å². The fraction of sp³-hybridized carbons (Fsp3) is 0.273. The highest BCUT2D eigenvalue weighted by Crippen LogP contribution is 2.31. The Labute approximate surface area is 173 Å². The van der Waals surface area contributed by atoms with Crippen molar-refractivity contribution >= 4 is 5.91 Å². The monoisotopic (exact) mass is 416 g/mol. The van der Waals surface area contributed by atoms with Crippen LogP contribution in [0.15, 0.2) is 47.0 Å². The summed E-state index contributed by atoms with van der Waals surface area (Å²) >= 11 is 0. The van der Waals surface area contributed by atoms with Crippen LogP contribution in [-0.2, 0) is 17.8 Å². The maximum absolute atomic E-state index is 13.9. The molecule has 0 spiro atoms. The van der Waals surface area contributed by atoms with Gasteiger partial charge >= 0.3 is 0 Å². The van der Waals surface area contributed by atoms with Crippen molar-refractivity contribution in [3.8, 4) is 22.8 Å². The molecule has 3 aromatic rings. The van der Waals surface area contributed by atoms with Crippen molar-refractivity contribution in [2.24, 2.45) is 0 Å². The molecule has 30 heavy (non-hydrogen) atoms. The van der Waals surface area contributed by atoms with Crippen LogP contribution in [0.3, 0.4) is 0 Å². The Kier molecular flexibility index (Phi) is 6.66. The zero-order valence-corrected chi connectivity index (χ0v) is 16.9. The zero-order chi connectivity index (χ0) is 21.7. The predicted molar refractivity (Wildman–Crippen MR) is 106 cm³/mol. The number of ether oxygens (including phenoxy) is 2. The number of para-hydroxylation sites is 1. The van der Waals surface area contributed by atoms with Crippen LogP contribution in [0, 0.1) is 11.6 Å². The van der Waals surface area contributed by atoms with Crippen molar-refractivity contribution in [2.45, 2.75) is 19.4 Å². The van der Waals surface area contributed by atoms with Gasteiger partial charge in [-0.05, 0) is 18.2 Å². The van der Waals surface area contributed by atoms with Crippen LogP contribution in [0.25, 0.3) is 11.3 Å². The van der Waals surface area contributed by atoms with E-state index in [1.54, 1.807) is 32.2 Å². The molecule has 1 amide bonds. The number of oxazole rings is 1. The molecule has 158 valence electrons. The fourth-order valence-electron chi connectivity index (χ4n) is 3.10. The van der Waals surface area contributed by atoms with E-state index in [9.17, 15) is 13.6 Å². The van der Waals surface area contributed by atoms with Crippen LogP contribution in [0.5, 0.6) is 11.5 Å². The molecule has 0 bridgehead atoms. The van der Waals surface area contributed by atoms with E-state index in [2.05, 4.69) is 4.98 Å². The molecular weight excluding hydrogens is 394 g/mol. The third-order valence-electron chi connectivity index (χ3n) is 4.63. The SMILES string of the molecule is COc1cccc(CN(C)C(=O)CCc2ncc(-c3c(F)cccc3F)o2)c1OC. The maximum Gasteiger partial charge on any atom is 0.223 e. The second kappa shape index (κ2) is 9.39. The number of hydrogen-bond donors (Lipinski definition) is 0. The van der Waals surface area contributed by atoms with Gasteiger partial charge in [-0.3, -0.25) is 4.79 Å². The first-order valence-corrected chi connectivity index (χ1v) is 9.27. The molecule has 1 heterocycles. The number of methoxy groups -OCH3 is 2. The average Bonchev–Trinajstić information content (AvgIpc) is 3.20. The van der Waals surface area contributed by atoms with E-state index in [0.29, 0.717) is 18.0 Å². The highest BCUT2D eigenvalue weighted by atomic mass is 19.1. The highest BCUT2D eigenvalue weighted by Gasteiger charge is 2.18. The Balaban J connectivity index is 1.63. The van der Waals surface area contributed by atoms with Crippen LogP contribution in [-0.4, -0.2) is 37.1 Å². The van der Waals surface area contributed by atoms with Gasteiger partial charge in [0.05, 0.1) is 26.0 Å². The van der Waals surface area contributed by atoms with Crippen molar-refractivity contribution in [1.29, 1.82) is 0 Å². The molecule has 0 unspecified atom stereocenters. The van der Waals surface area contributed by atoms with Crippen LogP contribution in [0.4, 0.5) is 8.78 Å². The summed E-state index contributed by atoms with van der Waals surface area (Å²) in [4.78, 5) is 18.1. The summed E-state index contributed by atoms with van der Waals surface area (Å²) in [6, 6.07) is 9.03.